The van der Waals surface area contributed by atoms with Crippen molar-refractivity contribution in [3.8, 4) is 56.7 Å². The van der Waals surface area contributed by atoms with E-state index in [1.807, 2.05) is 60.7 Å². The minimum atomic E-state index is 0.585. The van der Waals surface area contributed by atoms with Crippen molar-refractivity contribution in [1.82, 2.24) is 24.1 Å². The molecule has 13 aromatic rings. The van der Waals surface area contributed by atoms with E-state index in [1.54, 1.807) is 0 Å². The van der Waals surface area contributed by atoms with E-state index < -0.39 is 0 Å². The lowest BCUT2D eigenvalue weighted by Gasteiger charge is -2.14. The van der Waals surface area contributed by atoms with E-state index in [0.29, 0.717) is 17.6 Å². The van der Waals surface area contributed by atoms with E-state index >= 15 is 0 Å². The molecule has 298 valence electrons. The van der Waals surface area contributed by atoms with E-state index in [9.17, 15) is 0 Å². The van der Waals surface area contributed by atoms with Crippen LogP contribution in [0.1, 0.15) is 0 Å². The van der Waals surface area contributed by atoms with Crippen molar-refractivity contribution in [2.45, 2.75) is 0 Å². The summed E-state index contributed by atoms with van der Waals surface area (Å²) in [6.45, 7) is 0. The third kappa shape index (κ3) is 5.75. The maximum Gasteiger partial charge on any atom is 0.238 e. The van der Waals surface area contributed by atoms with Gasteiger partial charge in [-0.2, -0.15) is 9.97 Å². The number of fused-ring (bicyclic) bond motifs is 9. The van der Waals surface area contributed by atoms with Crippen molar-refractivity contribution in [1.29, 1.82) is 0 Å². The molecule has 5 heteroatoms. The highest BCUT2D eigenvalue weighted by Gasteiger charge is 2.20. The SMILES string of the molecule is c1ccc(-c2nc(-c3ccccc3)nc(-n3c4ccccc4c4cc(-c5ccc(-c6ccc7c(c6)c6ccccc6n7-c6cc7ccccc7c7ccccc67)cc5)ccc43)n2)cc1. The fraction of sp³-hybridized carbons (Fsp3) is 0. The maximum absolute atomic E-state index is 5.11. The minimum absolute atomic E-state index is 0.585. The summed E-state index contributed by atoms with van der Waals surface area (Å²) < 4.78 is 4.62. The Morgan fingerprint density at radius 1 is 0.250 bits per heavy atom. The van der Waals surface area contributed by atoms with Gasteiger partial charge in [-0.3, -0.25) is 4.57 Å². The van der Waals surface area contributed by atoms with Crippen LogP contribution in [0.25, 0.3) is 122 Å². The fourth-order valence-electron chi connectivity index (χ4n) is 9.75. The van der Waals surface area contributed by atoms with E-state index in [-0.39, 0.29) is 0 Å². The summed E-state index contributed by atoms with van der Waals surface area (Å²) in [4.78, 5) is 15.2. The summed E-state index contributed by atoms with van der Waals surface area (Å²) in [5, 5.41) is 9.78. The third-order valence-corrected chi connectivity index (χ3v) is 12.8. The van der Waals surface area contributed by atoms with Gasteiger partial charge >= 0.3 is 0 Å². The molecule has 0 saturated heterocycles. The molecule has 0 aliphatic rings. The maximum atomic E-state index is 5.11. The highest BCUT2D eigenvalue weighted by atomic mass is 15.2. The van der Waals surface area contributed by atoms with Gasteiger partial charge in [-0.05, 0) is 80.9 Å². The van der Waals surface area contributed by atoms with E-state index in [4.69, 9.17) is 15.0 Å². The van der Waals surface area contributed by atoms with Gasteiger partial charge in [-0.25, -0.2) is 4.98 Å². The van der Waals surface area contributed by atoms with Crippen LogP contribution < -0.4 is 0 Å². The van der Waals surface area contributed by atoms with Gasteiger partial charge in [-0.1, -0.05) is 182 Å². The fourth-order valence-corrected chi connectivity index (χ4v) is 9.75. The largest absolute Gasteiger partial charge is 0.309 e. The van der Waals surface area contributed by atoms with Gasteiger partial charge in [0.25, 0.3) is 0 Å². The second kappa shape index (κ2) is 14.5. The molecule has 0 aliphatic carbocycles. The number of para-hydroxylation sites is 2. The van der Waals surface area contributed by atoms with Gasteiger partial charge in [0.2, 0.25) is 5.95 Å². The third-order valence-electron chi connectivity index (χ3n) is 12.8. The molecule has 3 heterocycles. The lowest BCUT2D eigenvalue weighted by Crippen LogP contribution is -2.06. The summed E-state index contributed by atoms with van der Waals surface area (Å²) in [5.74, 6) is 1.85. The predicted octanol–water partition coefficient (Wildman–Crippen LogP) is 15.0. The topological polar surface area (TPSA) is 48.5 Å². The Labute approximate surface area is 368 Å². The Balaban J connectivity index is 0.900. The molecular formula is C59H37N5. The average molecular weight is 816 g/mol. The van der Waals surface area contributed by atoms with E-state index in [0.717, 1.165) is 44.1 Å². The molecule has 10 aromatic carbocycles. The van der Waals surface area contributed by atoms with E-state index in [1.165, 1.54) is 60.2 Å². The van der Waals surface area contributed by atoms with Crippen LogP contribution in [0.5, 0.6) is 0 Å². The van der Waals surface area contributed by atoms with Crippen LogP contribution >= 0.6 is 0 Å². The van der Waals surface area contributed by atoms with Crippen LogP contribution in [-0.4, -0.2) is 24.1 Å². The molecule has 0 spiro atoms. The zero-order valence-corrected chi connectivity index (χ0v) is 34.6. The van der Waals surface area contributed by atoms with Crippen molar-refractivity contribution in [2.24, 2.45) is 0 Å². The minimum Gasteiger partial charge on any atom is -0.309 e. The number of rotatable bonds is 6. The second-order valence-corrected chi connectivity index (χ2v) is 16.4. The first-order valence-electron chi connectivity index (χ1n) is 21.7. The quantitative estimate of drug-likeness (QED) is 0.157. The van der Waals surface area contributed by atoms with E-state index in [2.05, 4.69) is 173 Å². The van der Waals surface area contributed by atoms with Crippen LogP contribution in [-0.2, 0) is 0 Å². The molecule has 0 N–H and O–H groups in total. The normalized spacial score (nSPS) is 11.8. The zero-order valence-electron chi connectivity index (χ0n) is 34.6. The Hall–Kier alpha value is -8.67. The second-order valence-electron chi connectivity index (χ2n) is 16.4. The molecule has 0 unspecified atom stereocenters. The lowest BCUT2D eigenvalue weighted by atomic mass is 9.98. The zero-order chi connectivity index (χ0) is 42.1. The Bertz CT molecular complexity index is 3880. The number of hydrogen-bond donors (Lipinski definition) is 0. The van der Waals surface area contributed by atoms with Crippen LogP contribution in [0.15, 0.2) is 224 Å². The van der Waals surface area contributed by atoms with Crippen molar-refractivity contribution in [3.05, 3.63) is 224 Å². The van der Waals surface area contributed by atoms with Gasteiger partial charge in [-0.15, -0.1) is 0 Å². The van der Waals surface area contributed by atoms with Crippen molar-refractivity contribution in [2.75, 3.05) is 0 Å². The molecule has 0 aliphatic heterocycles. The molecule has 0 amide bonds. The molecule has 0 saturated carbocycles. The number of nitrogens with zero attached hydrogens (tertiary/aromatic N) is 5. The summed E-state index contributed by atoms with van der Waals surface area (Å²) >= 11 is 0. The highest BCUT2D eigenvalue weighted by Crippen LogP contribution is 2.40. The molecule has 3 aromatic heterocycles. The van der Waals surface area contributed by atoms with Crippen LogP contribution in [0.4, 0.5) is 0 Å². The summed E-state index contributed by atoms with van der Waals surface area (Å²) in [6, 6.07) is 80.0. The molecule has 64 heavy (non-hydrogen) atoms. The molecular weight excluding hydrogens is 779 g/mol. The first kappa shape index (κ1) is 36.0. The Morgan fingerprint density at radius 2 is 0.672 bits per heavy atom. The van der Waals surface area contributed by atoms with Gasteiger partial charge in [0, 0.05) is 38.1 Å². The molecule has 0 radical (unpaired) electrons. The highest BCUT2D eigenvalue weighted by molar-refractivity contribution is 6.16. The summed E-state index contributed by atoms with van der Waals surface area (Å²) in [5.41, 5.74) is 12.2. The number of aromatic nitrogens is 5. The molecule has 0 fully saturated rings. The molecule has 0 atom stereocenters. The molecule has 0 bridgehead atoms. The van der Waals surface area contributed by atoms with Gasteiger partial charge in [0.1, 0.15) is 0 Å². The first-order chi connectivity index (χ1) is 31.7. The first-order valence-corrected chi connectivity index (χ1v) is 21.7. The van der Waals surface area contributed by atoms with Crippen LogP contribution in [0.2, 0.25) is 0 Å². The number of hydrogen-bond acceptors (Lipinski definition) is 3. The molecule has 13 rings (SSSR count). The van der Waals surface area contributed by atoms with Crippen LogP contribution in [0, 0.1) is 0 Å². The van der Waals surface area contributed by atoms with Crippen molar-refractivity contribution < 1.29 is 0 Å². The van der Waals surface area contributed by atoms with Crippen molar-refractivity contribution >= 4 is 65.2 Å². The Morgan fingerprint density at radius 3 is 1.25 bits per heavy atom. The standard InChI is InChI=1S/C59H37N5/c1-3-15-40(16-4-1)57-60-58(41-17-5-2-6-18-41)62-59(61-57)64-53-26-14-12-24-49(53)51-36-43(32-34-55(51)64)39-29-27-38(28-30-39)42-31-33-54-50(35-42)48-23-11-13-25-52(48)63(54)56-37-44-19-7-8-20-45(44)46-21-9-10-22-47(46)56/h1-37H. The molecule has 5 nitrogen and oxygen atoms in total. The predicted molar refractivity (Wildman–Crippen MR) is 265 cm³/mol. The average Bonchev–Trinajstić information content (AvgIpc) is 3.89. The number of benzene rings is 10. The smallest absolute Gasteiger partial charge is 0.238 e. The monoisotopic (exact) mass is 815 g/mol. The summed E-state index contributed by atoms with van der Waals surface area (Å²) in [7, 11) is 0. The van der Waals surface area contributed by atoms with Gasteiger partial charge in [0.05, 0.1) is 27.8 Å². The van der Waals surface area contributed by atoms with Gasteiger partial charge in [0.15, 0.2) is 11.6 Å². The lowest BCUT2D eigenvalue weighted by molar-refractivity contribution is 0.953. The summed E-state index contributed by atoms with van der Waals surface area (Å²) in [6.07, 6.45) is 0. The Kier molecular flexibility index (Phi) is 8.15. The van der Waals surface area contributed by atoms with Gasteiger partial charge < -0.3 is 4.57 Å². The van der Waals surface area contributed by atoms with Crippen molar-refractivity contribution in [3.63, 3.8) is 0 Å². The van der Waals surface area contributed by atoms with Crippen LogP contribution in [0.3, 0.4) is 0 Å².